The fraction of sp³-hybridized carbons (Fsp3) is 0.375. The molecule has 0 fully saturated rings. The van der Waals surface area contributed by atoms with Gasteiger partial charge in [-0.15, -0.1) is 0 Å². The Balaban J connectivity index is 2.09. The number of aromatic amines is 1. The number of imidazole rings is 1. The van der Waals surface area contributed by atoms with Gasteiger partial charge in [0.05, 0.1) is 11.7 Å². The van der Waals surface area contributed by atoms with Crippen LogP contribution in [0.25, 0.3) is 0 Å². The molecule has 0 aliphatic carbocycles. The van der Waals surface area contributed by atoms with Gasteiger partial charge in [-0.2, -0.15) is 0 Å². The van der Waals surface area contributed by atoms with E-state index in [1.807, 2.05) is 31.2 Å². The molecule has 0 radical (unpaired) electrons. The van der Waals surface area contributed by atoms with Crippen LogP contribution in [0.1, 0.15) is 26.0 Å². The zero-order valence-electron chi connectivity index (χ0n) is 13.1. The van der Waals surface area contributed by atoms with Gasteiger partial charge in [0.2, 0.25) is 5.91 Å². The van der Waals surface area contributed by atoms with Gasteiger partial charge in [-0.05, 0) is 43.2 Å². The monoisotopic (exact) mass is 318 g/mol. The number of para-hydroxylation sites is 1. The summed E-state index contributed by atoms with van der Waals surface area (Å²) < 4.78 is 0. The van der Waals surface area contributed by atoms with E-state index in [1.165, 1.54) is 11.8 Å². The second kappa shape index (κ2) is 7.47. The zero-order chi connectivity index (χ0) is 16.1. The molecule has 6 heteroatoms. The highest BCUT2D eigenvalue weighted by Crippen LogP contribution is 2.31. The number of hydrogen-bond acceptors (Lipinski definition) is 4. The molecule has 0 spiro atoms. The lowest BCUT2D eigenvalue weighted by Gasteiger charge is -2.15. The molecule has 1 aromatic carbocycles. The van der Waals surface area contributed by atoms with Crippen molar-refractivity contribution in [2.45, 2.75) is 43.3 Å². The van der Waals surface area contributed by atoms with Crippen LogP contribution in [0.3, 0.4) is 0 Å². The molecule has 1 aromatic heterocycles. The van der Waals surface area contributed by atoms with Gasteiger partial charge in [-0.3, -0.25) is 4.79 Å². The van der Waals surface area contributed by atoms with Gasteiger partial charge in [-0.25, -0.2) is 4.98 Å². The Kier molecular flexibility index (Phi) is 5.63. The van der Waals surface area contributed by atoms with E-state index >= 15 is 0 Å². The topological polar surface area (TPSA) is 83.8 Å². The smallest absolute Gasteiger partial charge is 0.241 e. The molecule has 1 amide bonds. The number of amides is 1. The molecule has 0 aliphatic heterocycles. The Labute approximate surface area is 135 Å². The van der Waals surface area contributed by atoms with Gasteiger partial charge < -0.3 is 16.0 Å². The van der Waals surface area contributed by atoms with Crippen LogP contribution in [-0.4, -0.2) is 21.9 Å². The summed E-state index contributed by atoms with van der Waals surface area (Å²) in [6.07, 6.45) is 2.45. The quantitative estimate of drug-likeness (QED) is 0.764. The van der Waals surface area contributed by atoms with Crippen LogP contribution in [0.4, 0.5) is 5.69 Å². The number of hydrogen-bond donors (Lipinski definition) is 3. The molecule has 118 valence electrons. The molecular formula is C16H22N4OS. The first-order valence-electron chi connectivity index (χ1n) is 7.30. The SMILES string of the molecule is Cc1cnc(Sc2ccccc2NC(=O)[C@@H](N)CC(C)C)[nH]1. The van der Waals surface area contributed by atoms with E-state index in [0.29, 0.717) is 12.3 Å². The molecule has 1 atom stereocenters. The fourth-order valence-corrected chi connectivity index (χ4v) is 2.95. The van der Waals surface area contributed by atoms with E-state index in [4.69, 9.17) is 5.73 Å². The summed E-state index contributed by atoms with van der Waals surface area (Å²) in [5.74, 6) is 0.230. The predicted molar refractivity (Wildman–Crippen MR) is 89.9 cm³/mol. The van der Waals surface area contributed by atoms with Crippen LogP contribution in [0.5, 0.6) is 0 Å². The third-order valence-electron chi connectivity index (χ3n) is 3.09. The van der Waals surface area contributed by atoms with Crippen LogP contribution >= 0.6 is 11.8 Å². The molecule has 0 saturated carbocycles. The highest BCUT2D eigenvalue weighted by molar-refractivity contribution is 7.99. The average molecular weight is 318 g/mol. The maximum absolute atomic E-state index is 12.2. The minimum Gasteiger partial charge on any atom is -0.337 e. The number of anilines is 1. The third-order valence-corrected chi connectivity index (χ3v) is 4.07. The summed E-state index contributed by atoms with van der Waals surface area (Å²) in [4.78, 5) is 20.6. The fourth-order valence-electron chi connectivity index (χ4n) is 2.04. The van der Waals surface area contributed by atoms with E-state index in [2.05, 4.69) is 29.1 Å². The molecule has 0 bridgehead atoms. The Morgan fingerprint density at radius 3 is 2.77 bits per heavy atom. The number of rotatable bonds is 6. The Morgan fingerprint density at radius 2 is 2.14 bits per heavy atom. The van der Waals surface area contributed by atoms with Gasteiger partial charge in [-0.1, -0.05) is 26.0 Å². The van der Waals surface area contributed by atoms with Gasteiger partial charge >= 0.3 is 0 Å². The van der Waals surface area contributed by atoms with Crippen molar-refractivity contribution in [3.63, 3.8) is 0 Å². The lowest BCUT2D eigenvalue weighted by Crippen LogP contribution is -2.36. The molecule has 22 heavy (non-hydrogen) atoms. The number of benzene rings is 1. The minimum absolute atomic E-state index is 0.155. The predicted octanol–water partition coefficient (Wildman–Crippen LogP) is 3.18. The summed E-state index contributed by atoms with van der Waals surface area (Å²) in [5, 5.41) is 3.71. The number of nitrogens with two attached hydrogens (primary N) is 1. The van der Waals surface area contributed by atoms with Gasteiger partial charge in [0.1, 0.15) is 0 Å². The van der Waals surface area contributed by atoms with E-state index in [1.54, 1.807) is 6.20 Å². The summed E-state index contributed by atoms with van der Waals surface area (Å²) in [6.45, 7) is 6.06. The van der Waals surface area contributed by atoms with Crippen LogP contribution in [-0.2, 0) is 4.79 Å². The van der Waals surface area contributed by atoms with E-state index in [0.717, 1.165) is 21.4 Å². The third kappa shape index (κ3) is 4.61. The Bertz CT molecular complexity index is 639. The van der Waals surface area contributed by atoms with Crippen LogP contribution in [0.2, 0.25) is 0 Å². The molecule has 4 N–H and O–H groups in total. The average Bonchev–Trinajstić information content (AvgIpc) is 2.85. The van der Waals surface area contributed by atoms with E-state index in [-0.39, 0.29) is 5.91 Å². The van der Waals surface area contributed by atoms with E-state index < -0.39 is 6.04 Å². The van der Waals surface area contributed by atoms with Crippen LogP contribution in [0.15, 0.2) is 40.5 Å². The highest BCUT2D eigenvalue weighted by Gasteiger charge is 2.16. The summed E-state index contributed by atoms with van der Waals surface area (Å²) in [6, 6.07) is 7.15. The lowest BCUT2D eigenvalue weighted by atomic mass is 10.0. The van der Waals surface area contributed by atoms with Gasteiger partial charge in [0, 0.05) is 16.8 Å². The van der Waals surface area contributed by atoms with Crippen molar-refractivity contribution in [1.82, 2.24) is 9.97 Å². The van der Waals surface area contributed by atoms with Crippen molar-refractivity contribution in [1.29, 1.82) is 0 Å². The molecule has 5 nitrogen and oxygen atoms in total. The molecule has 2 rings (SSSR count). The molecule has 2 aromatic rings. The van der Waals surface area contributed by atoms with Crippen molar-refractivity contribution in [2.75, 3.05) is 5.32 Å². The standard InChI is InChI=1S/C16H22N4OS/c1-10(2)8-12(17)15(21)20-13-6-4-5-7-14(13)22-16-18-9-11(3)19-16/h4-7,9-10,12H,8,17H2,1-3H3,(H,18,19)(H,20,21)/t12-/m0/s1. The number of aryl methyl sites for hydroxylation is 1. The number of H-pyrrole nitrogens is 1. The van der Waals surface area contributed by atoms with Crippen LogP contribution in [0, 0.1) is 12.8 Å². The van der Waals surface area contributed by atoms with Crippen molar-refractivity contribution >= 4 is 23.4 Å². The summed E-state index contributed by atoms with van der Waals surface area (Å²) in [5.41, 5.74) is 7.69. The number of aromatic nitrogens is 2. The van der Waals surface area contributed by atoms with E-state index in [9.17, 15) is 4.79 Å². The number of nitrogens with one attached hydrogen (secondary N) is 2. The Hall–Kier alpha value is -1.79. The number of carbonyl (C=O) groups excluding carboxylic acids is 1. The normalized spacial score (nSPS) is 12.4. The highest BCUT2D eigenvalue weighted by atomic mass is 32.2. The van der Waals surface area contributed by atoms with Crippen molar-refractivity contribution in [3.05, 3.63) is 36.2 Å². The van der Waals surface area contributed by atoms with Gasteiger partial charge in [0.15, 0.2) is 5.16 Å². The number of nitrogens with zero attached hydrogens (tertiary/aromatic N) is 1. The van der Waals surface area contributed by atoms with Crippen molar-refractivity contribution in [2.24, 2.45) is 11.7 Å². The molecule has 0 aliphatic rings. The van der Waals surface area contributed by atoms with Crippen molar-refractivity contribution in [3.8, 4) is 0 Å². The minimum atomic E-state index is -0.496. The molecule has 0 saturated heterocycles. The second-order valence-corrected chi connectivity index (χ2v) is 6.73. The Morgan fingerprint density at radius 1 is 1.41 bits per heavy atom. The lowest BCUT2D eigenvalue weighted by molar-refractivity contribution is -0.117. The summed E-state index contributed by atoms with van der Waals surface area (Å²) in [7, 11) is 0. The summed E-state index contributed by atoms with van der Waals surface area (Å²) >= 11 is 1.48. The number of carbonyl (C=O) groups is 1. The zero-order valence-corrected chi connectivity index (χ0v) is 13.9. The first-order valence-corrected chi connectivity index (χ1v) is 8.12. The first-order chi connectivity index (χ1) is 10.5. The second-order valence-electron chi connectivity index (χ2n) is 5.69. The van der Waals surface area contributed by atoms with Gasteiger partial charge in [0.25, 0.3) is 0 Å². The van der Waals surface area contributed by atoms with Crippen LogP contribution < -0.4 is 11.1 Å². The largest absolute Gasteiger partial charge is 0.337 e. The maximum Gasteiger partial charge on any atom is 0.241 e. The first kappa shape index (κ1) is 16.6. The molecular weight excluding hydrogens is 296 g/mol. The molecule has 0 unspecified atom stereocenters. The molecule has 1 heterocycles. The maximum atomic E-state index is 12.2. The van der Waals surface area contributed by atoms with Crippen molar-refractivity contribution < 1.29 is 4.79 Å².